The molecule has 3 aromatic rings. The van der Waals surface area contributed by atoms with Gasteiger partial charge in [0.05, 0.1) is 28.4 Å². The lowest BCUT2D eigenvalue weighted by molar-refractivity contribution is 0.355. The number of rotatable bonds is 6. The highest BCUT2D eigenvalue weighted by atomic mass is 16.5. The molecule has 29 heavy (non-hydrogen) atoms. The Morgan fingerprint density at radius 2 is 1.52 bits per heavy atom. The van der Waals surface area contributed by atoms with E-state index < -0.39 is 5.56 Å². The lowest BCUT2D eigenvalue weighted by Gasteiger charge is -2.14. The summed E-state index contributed by atoms with van der Waals surface area (Å²) in [7, 11) is 6.16. The second kappa shape index (κ2) is 8.40. The van der Waals surface area contributed by atoms with E-state index in [0.717, 1.165) is 0 Å². The number of hydrogen-bond acceptors (Lipinski definition) is 6. The first-order chi connectivity index (χ1) is 14.1. The number of nitrogens with one attached hydrogen (secondary N) is 1. The Morgan fingerprint density at radius 3 is 2.14 bits per heavy atom. The second-order valence-electron chi connectivity index (χ2n) is 6.05. The molecule has 1 N–H and O–H groups in total. The van der Waals surface area contributed by atoms with E-state index in [1.165, 1.54) is 14.2 Å². The summed E-state index contributed by atoms with van der Waals surface area (Å²) in [5, 5.41) is 9.56. The first kappa shape index (κ1) is 19.8. The monoisotopic (exact) mass is 392 g/mol. The van der Waals surface area contributed by atoms with Crippen molar-refractivity contribution in [3.63, 3.8) is 0 Å². The topological polar surface area (TPSA) is 93.6 Å². The molecule has 7 heteroatoms. The zero-order chi connectivity index (χ0) is 21.0. The van der Waals surface area contributed by atoms with Gasteiger partial charge in [-0.25, -0.2) is 0 Å². The van der Waals surface area contributed by atoms with Crippen LogP contribution in [0, 0.1) is 11.3 Å². The molecule has 3 rings (SSSR count). The number of ether oxygens (including phenoxy) is 4. The average Bonchev–Trinajstić information content (AvgIpc) is 2.77. The maximum Gasteiger partial charge on any atom is 0.266 e. The number of aromatic nitrogens is 1. The third-order valence-electron chi connectivity index (χ3n) is 4.54. The van der Waals surface area contributed by atoms with Crippen LogP contribution in [0.5, 0.6) is 23.0 Å². The van der Waals surface area contributed by atoms with Crippen LogP contribution in [-0.4, -0.2) is 33.4 Å². The van der Waals surface area contributed by atoms with E-state index >= 15 is 0 Å². The highest BCUT2D eigenvalue weighted by Crippen LogP contribution is 2.37. The quantitative estimate of drug-likeness (QED) is 0.689. The molecular formula is C22H20N2O5. The van der Waals surface area contributed by atoms with Crippen LogP contribution in [-0.2, 0) is 0 Å². The molecule has 0 amide bonds. The number of aromatic amines is 1. The van der Waals surface area contributed by atoms with Gasteiger partial charge in [-0.3, -0.25) is 4.79 Å². The molecule has 1 heterocycles. The molecule has 0 aliphatic rings. The van der Waals surface area contributed by atoms with Crippen LogP contribution in [0.2, 0.25) is 0 Å². The number of pyridine rings is 1. The van der Waals surface area contributed by atoms with Gasteiger partial charge in [0, 0.05) is 28.5 Å². The minimum absolute atomic E-state index is 0.00214. The van der Waals surface area contributed by atoms with Gasteiger partial charge >= 0.3 is 0 Å². The summed E-state index contributed by atoms with van der Waals surface area (Å²) in [5.74, 6) is 2.20. The van der Waals surface area contributed by atoms with E-state index in [9.17, 15) is 10.1 Å². The van der Waals surface area contributed by atoms with Crippen molar-refractivity contribution >= 4 is 0 Å². The van der Waals surface area contributed by atoms with E-state index in [-0.39, 0.29) is 5.56 Å². The van der Waals surface area contributed by atoms with E-state index in [4.69, 9.17) is 18.9 Å². The lowest BCUT2D eigenvalue weighted by atomic mass is 9.98. The van der Waals surface area contributed by atoms with Crippen LogP contribution in [0.25, 0.3) is 22.4 Å². The van der Waals surface area contributed by atoms with Crippen LogP contribution >= 0.6 is 0 Å². The van der Waals surface area contributed by atoms with Gasteiger partial charge < -0.3 is 23.9 Å². The number of benzene rings is 2. The van der Waals surface area contributed by atoms with Crippen molar-refractivity contribution in [1.82, 2.24) is 4.98 Å². The molecule has 0 radical (unpaired) electrons. The van der Waals surface area contributed by atoms with Gasteiger partial charge in [-0.1, -0.05) is 0 Å². The van der Waals surface area contributed by atoms with Crippen molar-refractivity contribution in [2.45, 2.75) is 0 Å². The summed E-state index contributed by atoms with van der Waals surface area (Å²) in [5.41, 5.74) is 1.81. The van der Waals surface area contributed by atoms with Gasteiger partial charge in [0.1, 0.15) is 23.1 Å². The first-order valence-corrected chi connectivity index (χ1v) is 8.68. The number of nitrogens with zero attached hydrogens (tertiary/aromatic N) is 1. The summed E-state index contributed by atoms with van der Waals surface area (Å²) in [4.78, 5) is 15.4. The second-order valence-corrected chi connectivity index (χ2v) is 6.05. The maximum atomic E-state index is 12.6. The van der Waals surface area contributed by atoms with Crippen molar-refractivity contribution in [2.24, 2.45) is 0 Å². The SMILES string of the molecule is COc1ccc(-c2cc(-c3ccc(OC)c(OC)c3)[nH]c(=O)c2C#N)c(OC)c1. The molecule has 0 unspecified atom stereocenters. The fourth-order valence-electron chi connectivity index (χ4n) is 3.06. The smallest absolute Gasteiger partial charge is 0.266 e. The summed E-state index contributed by atoms with van der Waals surface area (Å²) >= 11 is 0. The third kappa shape index (κ3) is 3.73. The highest BCUT2D eigenvalue weighted by molar-refractivity contribution is 5.80. The Kier molecular flexibility index (Phi) is 5.74. The molecule has 0 saturated carbocycles. The molecule has 7 nitrogen and oxygen atoms in total. The molecule has 0 atom stereocenters. The van der Waals surface area contributed by atoms with Gasteiger partial charge in [-0.15, -0.1) is 0 Å². The van der Waals surface area contributed by atoms with Crippen molar-refractivity contribution < 1.29 is 18.9 Å². The molecule has 0 fully saturated rings. The van der Waals surface area contributed by atoms with Gasteiger partial charge in [0.25, 0.3) is 5.56 Å². The zero-order valence-corrected chi connectivity index (χ0v) is 16.5. The Balaban J connectivity index is 2.24. The number of methoxy groups -OCH3 is 4. The Bertz CT molecular complexity index is 1140. The molecular weight excluding hydrogens is 372 g/mol. The van der Waals surface area contributed by atoms with Crippen LogP contribution in [0.3, 0.4) is 0 Å². The first-order valence-electron chi connectivity index (χ1n) is 8.68. The van der Waals surface area contributed by atoms with E-state index in [0.29, 0.717) is 45.4 Å². The molecule has 1 aromatic heterocycles. The Hall–Kier alpha value is -3.92. The summed E-state index contributed by atoms with van der Waals surface area (Å²) in [6.45, 7) is 0. The fourth-order valence-corrected chi connectivity index (χ4v) is 3.06. The fraction of sp³-hybridized carbons (Fsp3) is 0.182. The zero-order valence-electron chi connectivity index (χ0n) is 16.5. The summed E-state index contributed by atoms with van der Waals surface area (Å²) < 4.78 is 21.3. The van der Waals surface area contributed by atoms with Crippen molar-refractivity contribution in [3.8, 4) is 51.5 Å². The van der Waals surface area contributed by atoms with Gasteiger partial charge in [0.2, 0.25) is 0 Å². The molecule has 0 saturated heterocycles. The van der Waals surface area contributed by atoms with Crippen molar-refractivity contribution in [2.75, 3.05) is 28.4 Å². The maximum absolute atomic E-state index is 12.6. The number of nitriles is 1. The molecule has 2 aromatic carbocycles. The van der Waals surface area contributed by atoms with Gasteiger partial charge in [0.15, 0.2) is 11.5 Å². The predicted molar refractivity (Wildman–Crippen MR) is 109 cm³/mol. The van der Waals surface area contributed by atoms with Gasteiger partial charge in [-0.2, -0.15) is 5.26 Å². The minimum atomic E-state index is -0.493. The van der Waals surface area contributed by atoms with Crippen LogP contribution in [0.1, 0.15) is 5.56 Å². The third-order valence-corrected chi connectivity index (χ3v) is 4.54. The lowest BCUT2D eigenvalue weighted by Crippen LogP contribution is -2.13. The van der Waals surface area contributed by atoms with E-state index in [2.05, 4.69) is 4.98 Å². The van der Waals surface area contributed by atoms with E-state index in [1.807, 2.05) is 6.07 Å². The highest BCUT2D eigenvalue weighted by Gasteiger charge is 2.17. The van der Waals surface area contributed by atoms with Crippen LogP contribution in [0.4, 0.5) is 0 Å². The van der Waals surface area contributed by atoms with Crippen molar-refractivity contribution in [3.05, 3.63) is 58.4 Å². The molecule has 0 bridgehead atoms. The van der Waals surface area contributed by atoms with E-state index in [1.54, 1.807) is 56.7 Å². The largest absolute Gasteiger partial charge is 0.497 e. The standard InChI is InChI=1S/C22H20N2O5/c1-26-14-6-7-15(20(10-14)28-3)16-11-18(24-22(25)17(16)12-23)13-5-8-19(27-2)21(9-13)29-4/h5-11H,1-4H3,(H,24,25). The van der Waals surface area contributed by atoms with Crippen LogP contribution in [0.15, 0.2) is 47.3 Å². The molecule has 0 aliphatic carbocycles. The summed E-state index contributed by atoms with van der Waals surface area (Å²) in [6.07, 6.45) is 0. The van der Waals surface area contributed by atoms with Crippen LogP contribution < -0.4 is 24.5 Å². The molecule has 148 valence electrons. The van der Waals surface area contributed by atoms with Gasteiger partial charge in [-0.05, 0) is 36.4 Å². The number of H-pyrrole nitrogens is 1. The molecule has 0 aliphatic heterocycles. The summed E-state index contributed by atoms with van der Waals surface area (Å²) in [6, 6.07) is 14.2. The average molecular weight is 392 g/mol. The van der Waals surface area contributed by atoms with Crippen molar-refractivity contribution in [1.29, 1.82) is 5.26 Å². The normalized spacial score (nSPS) is 10.2. The minimum Gasteiger partial charge on any atom is -0.497 e. The number of hydrogen-bond donors (Lipinski definition) is 1. The Morgan fingerprint density at radius 1 is 0.793 bits per heavy atom. The molecule has 0 spiro atoms. The Labute approximate surface area is 168 Å². The predicted octanol–water partition coefficient (Wildman–Crippen LogP) is 3.61.